The fraction of sp³-hybridized carbons (Fsp3) is 0. The molecule has 0 spiro atoms. The van der Waals surface area contributed by atoms with Gasteiger partial charge in [0.15, 0.2) is 0 Å². The SMILES string of the molecule is [Cs+].[F-].[F-].[F-].[F-].[F-].[F-].[PH2-]. The first-order valence-corrected chi connectivity index (χ1v) is 0. The molecule has 0 fully saturated rings. The summed E-state index contributed by atoms with van der Waals surface area (Å²) in [5.41, 5.74) is 0. The van der Waals surface area contributed by atoms with Crippen LogP contribution in [0.4, 0.5) is 0 Å². The van der Waals surface area contributed by atoms with Gasteiger partial charge in [-0.2, -0.15) is 0 Å². The summed E-state index contributed by atoms with van der Waals surface area (Å²) in [6.45, 7) is 0. The summed E-state index contributed by atoms with van der Waals surface area (Å²) in [7, 11) is 0. The van der Waals surface area contributed by atoms with Crippen molar-refractivity contribution in [2.45, 2.75) is 0 Å². The smallest absolute Gasteiger partial charge is 1.00 e. The molecule has 0 radical (unpaired) electrons. The summed E-state index contributed by atoms with van der Waals surface area (Å²) in [5, 5.41) is 0. The van der Waals surface area contributed by atoms with Crippen molar-refractivity contribution in [1.29, 1.82) is 0 Å². The molecule has 0 N–H and O–H groups in total. The predicted molar refractivity (Wildman–Crippen MR) is 9.71 cm³/mol. The molecule has 0 aliphatic rings. The summed E-state index contributed by atoms with van der Waals surface area (Å²) >= 11 is 0. The van der Waals surface area contributed by atoms with Gasteiger partial charge in [0, 0.05) is 0 Å². The Labute approximate surface area is 105 Å². The third-order valence-corrected chi connectivity index (χ3v) is 0. The van der Waals surface area contributed by atoms with E-state index in [2.05, 4.69) is 0 Å². The van der Waals surface area contributed by atoms with Crippen LogP contribution in [0.15, 0.2) is 0 Å². The number of hydrogen-bond acceptors (Lipinski definition) is 0. The molecule has 0 aromatic rings. The van der Waals surface area contributed by atoms with Gasteiger partial charge in [0.25, 0.3) is 0 Å². The molecule has 0 aromatic heterocycles. The molecule has 0 atom stereocenters. The standard InChI is InChI=1S/Cs.6FH.H2P/h;6*1H;1H2/q+1;;;;;;;-1/p-6. The van der Waals surface area contributed by atoms with E-state index in [1.54, 1.807) is 0 Å². The van der Waals surface area contributed by atoms with Gasteiger partial charge in [0.1, 0.15) is 0 Å². The molecule has 0 saturated carbocycles. The Morgan fingerprint density at radius 1 is 0.375 bits per heavy atom. The van der Waals surface area contributed by atoms with Crippen LogP contribution in [0.1, 0.15) is 0 Å². The zero-order chi connectivity index (χ0) is 0. The molecule has 0 nitrogen and oxygen atoms in total. The van der Waals surface area contributed by atoms with Crippen molar-refractivity contribution >= 4 is 9.90 Å². The molecule has 0 bridgehead atoms. The van der Waals surface area contributed by atoms with Gasteiger partial charge in [-0.15, -0.1) is 0 Å². The summed E-state index contributed by atoms with van der Waals surface area (Å²) in [6.07, 6.45) is 0. The van der Waals surface area contributed by atoms with Crippen molar-refractivity contribution in [3.63, 3.8) is 0 Å². The molecule has 0 amide bonds. The largest absolute Gasteiger partial charge is 1.00 e. The van der Waals surface area contributed by atoms with Gasteiger partial charge in [0.2, 0.25) is 0 Å². The second-order valence-electron chi connectivity index (χ2n) is 0. The monoisotopic (exact) mass is 280 g/mol. The van der Waals surface area contributed by atoms with E-state index in [4.69, 9.17) is 0 Å². The van der Waals surface area contributed by atoms with E-state index in [-0.39, 0.29) is 107 Å². The maximum Gasteiger partial charge on any atom is 1.00 e. The minimum absolute atomic E-state index is 0. The minimum atomic E-state index is 0. The molecule has 0 aromatic carbocycles. The topological polar surface area (TPSA) is 0 Å². The van der Waals surface area contributed by atoms with Crippen LogP contribution in [0.5, 0.6) is 0 Å². The molecule has 0 rings (SSSR count). The van der Waals surface area contributed by atoms with Crippen molar-refractivity contribution < 1.29 is 97.1 Å². The fourth-order valence-electron chi connectivity index (χ4n) is 0. The third-order valence-electron chi connectivity index (χ3n) is 0. The van der Waals surface area contributed by atoms with Crippen LogP contribution < -0.4 is 97.1 Å². The average molecular weight is 280 g/mol. The van der Waals surface area contributed by atoms with Gasteiger partial charge in [0.05, 0.1) is 0 Å². The van der Waals surface area contributed by atoms with Crippen LogP contribution in [-0.2, 0) is 0 Å². The van der Waals surface area contributed by atoms with E-state index >= 15 is 0 Å². The number of halogens is 6. The Kier molecular flexibility index (Phi) is 3370. The summed E-state index contributed by atoms with van der Waals surface area (Å²) < 4.78 is 0. The molecule has 8 heavy (non-hydrogen) atoms. The zero-order valence-electron chi connectivity index (χ0n) is 3.85. The van der Waals surface area contributed by atoms with Crippen molar-refractivity contribution in [3.05, 3.63) is 0 Å². The summed E-state index contributed by atoms with van der Waals surface area (Å²) in [6, 6.07) is 0. The van der Waals surface area contributed by atoms with Crippen molar-refractivity contribution in [2.24, 2.45) is 0 Å². The van der Waals surface area contributed by atoms with Gasteiger partial charge < -0.3 is 38.1 Å². The van der Waals surface area contributed by atoms with E-state index < -0.39 is 0 Å². The van der Waals surface area contributed by atoms with Crippen molar-refractivity contribution in [3.8, 4) is 0 Å². The van der Waals surface area contributed by atoms with Crippen LogP contribution in [0.3, 0.4) is 0 Å². The van der Waals surface area contributed by atoms with E-state index in [0.717, 1.165) is 0 Å². The normalized spacial score (nSPS) is 0. The van der Waals surface area contributed by atoms with Crippen LogP contribution in [-0.4, -0.2) is 0 Å². The first-order chi connectivity index (χ1) is 0. The minimum Gasteiger partial charge on any atom is -1.00 e. The maximum atomic E-state index is 0. The van der Waals surface area contributed by atoms with Crippen molar-refractivity contribution in [2.75, 3.05) is 0 Å². The maximum absolute atomic E-state index is 0. The molecule has 8 heteroatoms. The quantitative estimate of drug-likeness (QED) is 0.305. The van der Waals surface area contributed by atoms with E-state index in [1.165, 1.54) is 0 Å². The molecule has 0 aliphatic heterocycles. The van der Waals surface area contributed by atoms with Crippen LogP contribution in [0.2, 0.25) is 0 Å². The number of rotatable bonds is 0. The van der Waals surface area contributed by atoms with E-state index in [9.17, 15) is 0 Å². The summed E-state index contributed by atoms with van der Waals surface area (Å²) in [4.78, 5) is 0. The first kappa shape index (κ1) is 194. The van der Waals surface area contributed by atoms with Crippen LogP contribution in [0, 0.1) is 0 Å². The van der Waals surface area contributed by atoms with Crippen LogP contribution in [0.25, 0.3) is 0 Å². The number of hydrogen-bond donors (Lipinski definition) is 0. The van der Waals surface area contributed by atoms with Crippen LogP contribution >= 0.6 is 9.90 Å². The Morgan fingerprint density at radius 3 is 0.375 bits per heavy atom. The molecule has 0 saturated heterocycles. The molecule has 0 aliphatic carbocycles. The molecular weight excluding hydrogens is 278 g/mol. The van der Waals surface area contributed by atoms with Gasteiger partial charge >= 0.3 is 68.9 Å². The predicted octanol–water partition coefficient (Wildman–Crippen LogP) is -20.6. The Morgan fingerprint density at radius 2 is 0.375 bits per heavy atom. The Bertz CT molecular complexity index is 8.49. The fourth-order valence-corrected chi connectivity index (χ4v) is 0. The van der Waals surface area contributed by atoms with Gasteiger partial charge in [-0.05, 0) is 0 Å². The van der Waals surface area contributed by atoms with Gasteiger partial charge in [-0.1, -0.05) is 0 Å². The zero-order valence-corrected chi connectivity index (χ0v) is 11.3. The Hall–Kier alpha value is 2.06. The second kappa shape index (κ2) is 139. The third kappa shape index (κ3) is 94.6. The average Bonchev–Trinajstić information content (AvgIpc) is 0. The second-order valence-corrected chi connectivity index (χ2v) is 0. The summed E-state index contributed by atoms with van der Waals surface area (Å²) in [5.74, 6) is 0. The Balaban J connectivity index is 0. The molecular formula is H2CsF6P-6. The molecule has 56 valence electrons. The first-order valence-electron chi connectivity index (χ1n) is 0. The van der Waals surface area contributed by atoms with Crippen molar-refractivity contribution in [1.82, 2.24) is 0 Å². The van der Waals surface area contributed by atoms with Gasteiger partial charge in [-0.3, -0.25) is 0 Å². The van der Waals surface area contributed by atoms with Gasteiger partial charge in [-0.25, -0.2) is 0 Å². The molecule has 0 heterocycles. The molecule has 0 unspecified atom stereocenters. The van der Waals surface area contributed by atoms with E-state index in [1.807, 2.05) is 0 Å². The van der Waals surface area contributed by atoms with E-state index in [0.29, 0.717) is 0 Å².